The van der Waals surface area contributed by atoms with E-state index < -0.39 is 6.61 Å². The van der Waals surface area contributed by atoms with Crippen LogP contribution < -0.4 is 0 Å². The van der Waals surface area contributed by atoms with Crippen molar-refractivity contribution in [1.29, 1.82) is 0 Å². The minimum absolute atomic E-state index is 0.237. The second-order valence-electron chi connectivity index (χ2n) is 3.05. The lowest BCUT2D eigenvalue weighted by molar-refractivity contribution is -0.164. The van der Waals surface area contributed by atoms with Gasteiger partial charge in [0.2, 0.25) is 0 Å². The monoisotopic (exact) mass is 175 g/mol. The molecule has 3 nitrogen and oxygen atoms in total. The molecule has 0 N–H and O–H groups in total. The fraction of sp³-hybridized carbons (Fsp3) is 0.875. The van der Waals surface area contributed by atoms with Crippen molar-refractivity contribution in [1.82, 2.24) is 4.90 Å². The van der Waals surface area contributed by atoms with Crippen molar-refractivity contribution in [2.24, 2.45) is 0 Å². The van der Waals surface area contributed by atoms with Gasteiger partial charge in [-0.15, -0.1) is 0 Å². The zero-order valence-electron chi connectivity index (χ0n) is 7.09. The third-order valence-corrected chi connectivity index (χ3v) is 2.14. The van der Waals surface area contributed by atoms with Crippen molar-refractivity contribution < 1.29 is 14.3 Å². The Kier molecular flexibility index (Phi) is 4.00. The Hall–Kier alpha value is -0.640. The van der Waals surface area contributed by atoms with E-state index in [0.29, 0.717) is 0 Å². The molecule has 0 aromatic carbocycles. The van der Waals surface area contributed by atoms with Gasteiger partial charge in [-0.3, -0.25) is 4.79 Å². The first-order valence-electron chi connectivity index (χ1n) is 4.36. The van der Waals surface area contributed by atoms with Gasteiger partial charge >= 0.3 is 0 Å². The van der Waals surface area contributed by atoms with Crippen molar-refractivity contribution in [2.45, 2.75) is 25.7 Å². The van der Waals surface area contributed by atoms with Gasteiger partial charge in [-0.2, -0.15) is 4.94 Å². The summed E-state index contributed by atoms with van der Waals surface area (Å²) in [5, 5.41) is 0. The summed E-state index contributed by atoms with van der Waals surface area (Å²) < 4.78 is 11.4. The number of halogens is 1. The van der Waals surface area contributed by atoms with Crippen molar-refractivity contribution in [3.63, 3.8) is 0 Å². The highest BCUT2D eigenvalue weighted by molar-refractivity contribution is 5.77. The molecule has 1 fully saturated rings. The van der Waals surface area contributed by atoms with Crippen LogP contribution in [0.5, 0.6) is 0 Å². The van der Waals surface area contributed by atoms with Crippen LogP contribution >= 0.6 is 0 Å². The molecule has 0 radical (unpaired) electrons. The van der Waals surface area contributed by atoms with Crippen molar-refractivity contribution in [3.8, 4) is 0 Å². The molecule has 12 heavy (non-hydrogen) atoms. The number of carbonyl (C=O) groups excluding carboxylic acids is 1. The quantitative estimate of drug-likeness (QED) is 0.633. The van der Waals surface area contributed by atoms with Gasteiger partial charge in [0.1, 0.15) is 0 Å². The van der Waals surface area contributed by atoms with Gasteiger partial charge in [-0.25, -0.2) is 0 Å². The number of hydrogen-bond donors (Lipinski definition) is 0. The Labute approximate surface area is 71.4 Å². The summed E-state index contributed by atoms with van der Waals surface area (Å²) in [6.07, 6.45) is 4.39. The minimum Gasteiger partial charge on any atom is -0.341 e. The molecule has 0 unspecified atom stereocenters. The number of amides is 1. The number of nitrogens with zero attached hydrogens (tertiary/aromatic N) is 1. The van der Waals surface area contributed by atoms with Gasteiger partial charge in [0.15, 0.2) is 6.61 Å². The summed E-state index contributed by atoms with van der Waals surface area (Å²) in [7, 11) is 0. The topological polar surface area (TPSA) is 29.5 Å². The molecule has 0 aromatic rings. The van der Waals surface area contributed by atoms with Gasteiger partial charge < -0.3 is 4.90 Å². The third kappa shape index (κ3) is 2.77. The Morgan fingerprint density at radius 3 is 2.33 bits per heavy atom. The SMILES string of the molecule is O=C(COF)N1CCCCCC1. The van der Waals surface area contributed by atoms with Gasteiger partial charge in [-0.1, -0.05) is 12.8 Å². The fourth-order valence-electron chi connectivity index (χ4n) is 1.46. The van der Waals surface area contributed by atoms with Gasteiger partial charge in [0.05, 0.1) is 0 Å². The molecule has 1 amide bonds. The summed E-state index contributed by atoms with van der Waals surface area (Å²) in [6, 6.07) is 0. The maximum Gasteiger partial charge on any atom is 0.252 e. The van der Waals surface area contributed by atoms with Crippen molar-refractivity contribution >= 4 is 5.91 Å². The van der Waals surface area contributed by atoms with E-state index in [4.69, 9.17) is 0 Å². The molecule has 0 saturated carbocycles. The molecule has 0 aliphatic carbocycles. The third-order valence-electron chi connectivity index (χ3n) is 2.14. The standard InChI is InChI=1S/C8H14FNO2/c9-12-7-8(11)10-5-3-1-2-4-6-10/h1-7H2. The van der Waals surface area contributed by atoms with Crippen LogP contribution in [-0.2, 0) is 9.74 Å². The van der Waals surface area contributed by atoms with Crippen LogP contribution in [0.4, 0.5) is 4.53 Å². The highest BCUT2D eigenvalue weighted by Crippen LogP contribution is 2.09. The molecule has 1 heterocycles. The highest BCUT2D eigenvalue weighted by Gasteiger charge is 2.15. The van der Waals surface area contributed by atoms with Gasteiger partial charge in [0.25, 0.3) is 5.91 Å². The summed E-state index contributed by atoms with van der Waals surface area (Å²) >= 11 is 0. The first kappa shape index (κ1) is 9.45. The number of rotatable bonds is 2. The lowest BCUT2D eigenvalue weighted by atomic mass is 10.2. The molecule has 1 aliphatic heterocycles. The molecule has 0 atom stereocenters. The van der Waals surface area contributed by atoms with E-state index in [-0.39, 0.29) is 5.91 Å². The van der Waals surface area contributed by atoms with E-state index in [0.717, 1.165) is 25.9 Å². The predicted octanol–water partition coefficient (Wildman–Crippen LogP) is 1.29. The summed E-state index contributed by atoms with van der Waals surface area (Å²) in [5.41, 5.74) is 0. The van der Waals surface area contributed by atoms with E-state index in [1.807, 2.05) is 0 Å². The molecular formula is C8H14FNO2. The van der Waals surface area contributed by atoms with Crippen LogP contribution in [0.2, 0.25) is 0 Å². The van der Waals surface area contributed by atoms with E-state index >= 15 is 0 Å². The highest BCUT2D eigenvalue weighted by atomic mass is 19.3. The smallest absolute Gasteiger partial charge is 0.252 e. The summed E-state index contributed by atoms with van der Waals surface area (Å²) in [6.45, 7) is 1.07. The molecule has 1 rings (SSSR count). The van der Waals surface area contributed by atoms with Gasteiger partial charge in [-0.05, 0) is 17.4 Å². The average Bonchev–Trinajstić information content (AvgIpc) is 2.32. The Morgan fingerprint density at radius 2 is 1.83 bits per heavy atom. The maximum atomic E-state index is 11.4. The van der Waals surface area contributed by atoms with Crippen LogP contribution in [0, 0.1) is 0 Å². The number of hydrogen-bond acceptors (Lipinski definition) is 2. The van der Waals surface area contributed by atoms with Crippen LogP contribution in [0.25, 0.3) is 0 Å². The summed E-state index contributed by atoms with van der Waals surface area (Å²) in [4.78, 5) is 16.1. The largest absolute Gasteiger partial charge is 0.341 e. The Bertz CT molecular complexity index is 144. The second-order valence-corrected chi connectivity index (χ2v) is 3.05. The van der Waals surface area contributed by atoms with Crippen LogP contribution in [0.1, 0.15) is 25.7 Å². The van der Waals surface area contributed by atoms with Crippen molar-refractivity contribution in [3.05, 3.63) is 0 Å². The van der Waals surface area contributed by atoms with Gasteiger partial charge in [0, 0.05) is 13.1 Å². The molecule has 1 saturated heterocycles. The van der Waals surface area contributed by atoms with Crippen molar-refractivity contribution in [2.75, 3.05) is 19.7 Å². The fourth-order valence-corrected chi connectivity index (χ4v) is 1.46. The maximum absolute atomic E-state index is 11.4. The molecule has 0 spiro atoms. The predicted molar refractivity (Wildman–Crippen MR) is 42.1 cm³/mol. The van der Waals surface area contributed by atoms with Crippen LogP contribution in [0.3, 0.4) is 0 Å². The van der Waals surface area contributed by atoms with Crippen LogP contribution in [-0.4, -0.2) is 30.5 Å². The summed E-state index contributed by atoms with van der Waals surface area (Å²) in [5.74, 6) is -0.237. The first-order chi connectivity index (χ1) is 5.84. The normalized spacial score (nSPS) is 18.9. The zero-order chi connectivity index (χ0) is 8.81. The number of carbonyl (C=O) groups is 1. The van der Waals surface area contributed by atoms with E-state index in [2.05, 4.69) is 4.94 Å². The first-order valence-corrected chi connectivity index (χ1v) is 4.36. The molecular weight excluding hydrogens is 161 g/mol. The average molecular weight is 175 g/mol. The Morgan fingerprint density at radius 1 is 1.25 bits per heavy atom. The van der Waals surface area contributed by atoms with E-state index in [1.165, 1.54) is 12.8 Å². The molecule has 0 bridgehead atoms. The molecule has 0 aromatic heterocycles. The number of likely N-dealkylation sites (tertiary alicyclic amines) is 1. The van der Waals surface area contributed by atoms with E-state index in [1.54, 1.807) is 4.90 Å². The van der Waals surface area contributed by atoms with Crippen LogP contribution in [0.15, 0.2) is 0 Å². The zero-order valence-corrected chi connectivity index (χ0v) is 7.09. The molecule has 70 valence electrons. The minimum atomic E-state index is -0.431. The Balaban J connectivity index is 2.32. The second kappa shape index (κ2) is 5.09. The lowest BCUT2D eigenvalue weighted by Gasteiger charge is -2.18. The lowest BCUT2D eigenvalue weighted by Crippen LogP contribution is -2.34. The molecule has 1 aliphatic rings. The van der Waals surface area contributed by atoms with E-state index in [9.17, 15) is 9.32 Å². The molecule has 4 heteroatoms.